The zero-order valence-electron chi connectivity index (χ0n) is 11.9. The van der Waals surface area contributed by atoms with E-state index in [1.165, 1.54) is 10.1 Å². The number of carbonyl (C=O) groups is 1. The van der Waals surface area contributed by atoms with Gasteiger partial charge in [0.05, 0.1) is 10.4 Å². The van der Waals surface area contributed by atoms with Gasteiger partial charge in [-0.1, -0.05) is 35.5 Å². The van der Waals surface area contributed by atoms with Crippen LogP contribution in [-0.4, -0.2) is 16.9 Å². The summed E-state index contributed by atoms with van der Waals surface area (Å²) in [7, 11) is 0. The SMILES string of the molecule is O=C(O)c1cccc(C2=NOC(c3cc4ccccc4s3)N2)c1. The van der Waals surface area contributed by atoms with Gasteiger partial charge < -0.3 is 15.3 Å². The van der Waals surface area contributed by atoms with Crippen LogP contribution >= 0.6 is 11.3 Å². The highest BCUT2D eigenvalue weighted by Crippen LogP contribution is 2.32. The highest BCUT2D eigenvalue weighted by atomic mass is 32.1. The first-order valence-corrected chi connectivity index (χ1v) is 7.85. The topological polar surface area (TPSA) is 70.9 Å². The Labute approximate surface area is 135 Å². The van der Waals surface area contributed by atoms with Crippen molar-refractivity contribution in [3.05, 3.63) is 70.6 Å². The third-order valence-corrected chi connectivity index (χ3v) is 4.76. The number of carboxylic acids is 1. The minimum absolute atomic E-state index is 0.220. The predicted octanol–water partition coefficient (Wildman–Crippen LogP) is 3.58. The summed E-state index contributed by atoms with van der Waals surface area (Å²) >= 11 is 1.64. The van der Waals surface area contributed by atoms with Gasteiger partial charge in [0.25, 0.3) is 0 Å². The molecule has 0 saturated heterocycles. The van der Waals surface area contributed by atoms with Gasteiger partial charge >= 0.3 is 5.97 Å². The molecule has 4 rings (SSSR count). The van der Waals surface area contributed by atoms with E-state index >= 15 is 0 Å². The van der Waals surface area contributed by atoms with Crippen molar-refractivity contribution in [2.75, 3.05) is 0 Å². The van der Waals surface area contributed by atoms with Gasteiger partial charge in [0.2, 0.25) is 6.23 Å². The van der Waals surface area contributed by atoms with Crippen LogP contribution in [0.1, 0.15) is 27.0 Å². The van der Waals surface area contributed by atoms with Gasteiger partial charge in [-0.15, -0.1) is 11.3 Å². The minimum Gasteiger partial charge on any atom is -0.478 e. The van der Waals surface area contributed by atoms with Gasteiger partial charge in [0.15, 0.2) is 5.84 Å². The molecule has 1 aromatic heterocycles. The first-order valence-electron chi connectivity index (χ1n) is 7.03. The van der Waals surface area contributed by atoms with E-state index in [9.17, 15) is 4.79 Å². The molecule has 23 heavy (non-hydrogen) atoms. The first kappa shape index (κ1) is 13.8. The molecule has 2 aromatic carbocycles. The van der Waals surface area contributed by atoms with E-state index in [1.54, 1.807) is 35.6 Å². The number of carboxylic acid groups (broad SMARTS) is 1. The Hall–Kier alpha value is -2.86. The molecule has 2 N–H and O–H groups in total. The fourth-order valence-corrected chi connectivity index (χ4v) is 3.51. The summed E-state index contributed by atoms with van der Waals surface area (Å²) in [5.41, 5.74) is 0.908. The number of rotatable bonds is 3. The number of thiophene rings is 1. The molecule has 0 amide bonds. The van der Waals surface area contributed by atoms with E-state index in [1.807, 2.05) is 12.1 Å². The van der Waals surface area contributed by atoms with Crippen LogP contribution in [0, 0.1) is 0 Å². The molecule has 6 heteroatoms. The molecule has 114 valence electrons. The van der Waals surface area contributed by atoms with Crippen molar-refractivity contribution in [3.8, 4) is 0 Å². The quantitative estimate of drug-likeness (QED) is 0.772. The molecule has 0 fully saturated rings. The Morgan fingerprint density at radius 2 is 2.04 bits per heavy atom. The lowest BCUT2D eigenvalue weighted by atomic mass is 10.1. The maximum Gasteiger partial charge on any atom is 0.335 e. The van der Waals surface area contributed by atoms with Crippen molar-refractivity contribution in [1.82, 2.24) is 5.32 Å². The van der Waals surface area contributed by atoms with Crippen LogP contribution in [0.5, 0.6) is 0 Å². The summed E-state index contributed by atoms with van der Waals surface area (Å²) in [6.07, 6.45) is -0.351. The predicted molar refractivity (Wildman–Crippen MR) is 88.7 cm³/mol. The summed E-state index contributed by atoms with van der Waals surface area (Å²) in [5, 5.41) is 17.5. The van der Waals surface area contributed by atoms with E-state index in [2.05, 4.69) is 28.7 Å². The molecule has 1 aliphatic heterocycles. The van der Waals surface area contributed by atoms with Gasteiger partial charge in [0, 0.05) is 10.3 Å². The standard InChI is InChI=1S/C17H12N2O3S/c20-17(21)12-6-3-5-11(8-12)15-18-16(22-19-15)14-9-10-4-1-2-7-13(10)23-14/h1-9,16H,(H,18,19)(H,20,21). The smallest absolute Gasteiger partial charge is 0.335 e. The second-order valence-corrected chi connectivity index (χ2v) is 6.26. The summed E-state index contributed by atoms with van der Waals surface area (Å²) in [4.78, 5) is 17.6. The number of aromatic carboxylic acids is 1. The summed E-state index contributed by atoms with van der Waals surface area (Å²) in [5.74, 6) is -0.428. The molecule has 0 spiro atoms. The highest BCUT2D eigenvalue weighted by molar-refractivity contribution is 7.19. The molecular weight excluding hydrogens is 312 g/mol. The van der Waals surface area contributed by atoms with Crippen molar-refractivity contribution in [2.24, 2.45) is 5.16 Å². The Bertz CT molecular complexity index is 899. The Balaban J connectivity index is 1.58. The van der Waals surface area contributed by atoms with Crippen LogP contribution in [0.15, 0.2) is 59.8 Å². The van der Waals surface area contributed by atoms with Crippen LogP contribution in [0.4, 0.5) is 0 Å². The molecule has 1 atom stereocenters. The van der Waals surface area contributed by atoms with Crippen LogP contribution in [-0.2, 0) is 4.84 Å². The average molecular weight is 324 g/mol. The van der Waals surface area contributed by atoms with E-state index < -0.39 is 5.97 Å². The Morgan fingerprint density at radius 3 is 2.87 bits per heavy atom. The average Bonchev–Trinajstić information content (AvgIpc) is 3.21. The second-order valence-electron chi connectivity index (χ2n) is 5.14. The molecule has 0 aliphatic carbocycles. The lowest BCUT2D eigenvalue weighted by Gasteiger charge is -2.07. The summed E-state index contributed by atoms with van der Waals surface area (Å²) < 4.78 is 1.19. The number of oxime groups is 1. The summed E-state index contributed by atoms with van der Waals surface area (Å²) in [6, 6.07) is 16.8. The minimum atomic E-state index is -0.965. The maximum absolute atomic E-state index is 11.1. The molecule has 0 saturated carbocycles. The third-order valence-electron chi connectivity index (χ3n) is 3.60. The van der Waals surface area contributed by atoms with E-state index in [-0.39, 0.29) is 11.8 Å². The fourth-order valence-electron chi connectivity index (χ4n) is 2.47. The van der Waals surface area contributed by atoms with E-state index in [0.717, 1.165) is 4.88 Å². The molecule has 2 heterocycles. The zero-order chi connectivity index (χ0) is 15.8. The molecule has 0 bridgehead atoms. The van der Waals surface area contributed by atoms with Gasteiger partial charge in [-0.25, -0.2) is 4.79 Å². The number of amidine groups is 1. The van der Waals surface area contributed by atoms with Crippen molar-refractivity contribution < 1.29 is 14.7 Å². The largest absolute Gasteiger partial charge is 0.478 e. The number of hydrogen-bond donors (Lipinski definition) is 2. The maximum atomic E-state index is 11.1. The number of hydrogen-bond acceptors (Lipinski definition) is 5. The lowest BCUT2D eigenvalue weighted by Crippen LogP contribution is -2.23. The molecular formula is C17H12N2O3S. The molecule has 1 aliphatic rings. The van der Waals surface area contributed by atoms with Crippen molar-refractivity contribution >= 4 is 33.2 Å². The Morgan fingerprint density at radius 1 is 1.17 bits per heavy atom. The van der Waals surface area contributed by atoms with Crippen molar-refractivity contribution in [3.63, 3.8) is 0 Å². The van der Waals surface area contributed by atoms with Gasteiger partial charge in [-0.05, 0) is 29.7 Å². The number of fused-ring (bicyclic) bond motifs is 1. The van der Waals surface area contributed by atoms with Crippen LogP contribution in [0.3, 0.4) is 0 Å². The monoisotopic (exact) mass is 324 g/mol. The molecule has 3 aromatic rings. The highest BCUT2D eigenvalue weighted by Gasteiger charge is 2.24. The van der Waals surface area contributed by atoms with Crippen LogP contribution in [0.25, 0.3) is 10.1 Å². The van der Waals surface area contributed by atoms with E-state index in [4.69, 9.17) is 9.94 Å². The van der Waals surface area contributed by atoms with Crippen LogP contribution in [0.2, 0.25) is 0 Å². The number of nitrogens with zero attached hydrogens (tertiary/aromatic N) is 1. The zero-order valence-corrected chi connectivity index (χ0v) is 12.7. The summed E-state index contributed by atoms with van der Waals surface area (Å²) in [6.45, 7) is 0. The Kier molecular flexibility index (Phi) is 3.24. The first-order chi connectivity index (χ1) is 11.2. The molecule has 0 radical (unpaired) electrons. The second kappa shape index (κ2) is 5.40. The normalized spacial score (nSPS) is 16.7. The number of benzene rings is 2. The van der Waals surface area contributed by atoms with Crippen molar-refractivity contribution in [1.29, 1.82) is 0 Å². The van der Waals surface area contributed by atoms with E-state index in [0.29, 0.717) is 11.4 Å². The number of nitrogens with one attached hydrogen (secondary N) is 1. The van der Waals surface area contributed by atoms with Gasteiger partial charge in [-0.3, -0.25) is 0 Å². The van der Waals surface area contributed by atoms with Gasteiger partial charge in [0.1, 0.15) is 0 Å². The van der Waals surface area contributed by atoms with Crippen LogP contribution < -0.4 is 5.32 Å². The third kappa shape index (κ3) is 2.53. The molecule has 5 nitrogen and oxygen atoms in total. The van der Waals surface area contributed by atoms with Gasteiger partial charge in [-0.2, -0.15) is 0 Å². The molecule has 1 unspecified atom stereocenters. The van der Waals surface area contributed by atoms with Crippen molar-refractivity contribution in [2.45, 2.75) is 6.23 Å². The fraction of sp³-hybridized carbons (Fsp3) is 0.0588. The lowest BCUT2D eigenvalue weighted by molar-refractivity contribution is 0.0696.